The van der Waals surface area contributed by atoms with Gasteiger partial charge in [0, 0.05) is 17.1 Å². The number of hydrogen-bond acceptors (Lipinski definition) is 2. The van der Waals surface area contributed by atoms with Crippen LogP contribution in [0.3, 0.4) is 0 Å². The molecule has 0 amide bonds. The number of hydrogen-bond donors (Lipinski definition) is 1. The van der Waals surface area contributed by atoms with E-state index in [-0.39, 0.29) is 0 Å². The van der Waals surface area contributed by atoms with Gasteiger partial charge in [-0.2, -0.15) is 0 Å². The van der Waals surface area contributed by atoms with Crippen molar-refractivity contribution in [2.45, 2.75) is 20.4 Å². The first-order chi connectivity index (χ1) is 9.65. The maximum Gasteiger partial charge on any atom is 0.132 e. The van der Waals surface area contributed by atoms with Crippen LogP contribution in [0.2, 0.25) is 5.02 Å². The van der Waals surface area contributed by atoms with Gasteiger partial charge < -0.3 is 10.1 Å². The van der Waals surface area contributed by atoms with Gasteiger partial charge in [0.05, 0.1) is 0 Å². The molecule has 1 N–H and O–H groups in total. The molecule has 0 saturated carbocycles. The molecule has 0 aliphatic heterocycles. The summed E-state index contributed by atoms with van der Waals surface area (Å²) < 4.78 is 5.92. The molecule has 0 aliphatic rings. The molecular weight excluding hydrogens is 270 g/mol. The minimum Gasteiger partial charge on any atom is -0.457 e. The summed E-state index contributed by atoms with van der Waals surface area (Å²) in [5.41, 5.74) is 1.07. The lowest BCUT2D eigenvalue weighted by Gasteiger charge is -2.13. The molecule has 20 heavy (non-hydrogen) atoms. The normalized spacial score (nSPS) is 10.8. The van der Waals surface area contributed by atoms with Crippen LogP contribution in [0, 0.1) is 5.92 Å². The predicted molar refractivity (Wildman–Crippen MR) is 84.5 cm³/mol. The van der Waals surface area contributed by atoms with Crippen LogP contribution in [0.5, 0.6) is 11.5 Å². The van der Waals surface area contributed by atoms with Crippen LogP contribution in [0.4, 0.5) is 0 Å². The van der Waals surface area contributed by atoms with E-state index < -0.39 is 0 Å². The molecule has 0 aliphatic carbocycles. The zero-order valence-corrected chi connectivity index (χ0v) is 12.7. The molecule has 2 rings (SSSR count). The molecular formula is C17H20ClNO. The second kappa shape index (κ2) is 7.32. The van der Waals surface area contributed by atoms with Crippen LogP contribution in [-0.4, -0.2) is 6.54 Å². The van der Waals surface area contributed by atoms with Gasteiger partial charge in [0.2, 0.25) is 0 Å². The van der Waals surface area contributed by atoms with Crippen LogP contribution in [-0.2, 0) is 6.54 Å². The highest BCUT2D eigenvalue weighted by molar-refractivity contribution is 6.30. The zero-order valence-electron chi connectivity index (χ0n) is 11.9. The highest BCUT2D eigenvalue weighted by Crippen LogP contribution is 2.27. The van der Waals surface area contributed by atoms with Gasteiger partial charge in [0.25, 0.3) is 0 Å². The molecule has 0 heterocycles. The Balaban J connectivity index is 2.11. The van der Waals surface area contributed by atoms with Crippen molar-refractivity contribution in [1.29, 1.82) is 0 Å². The average molecular weight is 290 g/mol. The van der Waals surface area contributed by atoms with Crippen molar-refractivity contribution in [3.63, 3.8) is 0 Å². The molecule has 0 spiro atoms. The van der Waals surface area contributed by atoms with Crippen LogP contribution < -0.4 is 10.1 Å². The van der Waals surface area contributed by atoms with Crippen LogP contribution in [0.15, 0.2) is 48.5 Å². The molecule has 0 radical (unpaired) electrons. The first-order valence-corrected chi connectivity index (χ1v) is 7.25. The van der Waals surface area contributed by atoms with Crippen molar-refractivity contribution < 1.29 is 4.74 Å². The highest BCUT2D eigenvalue weighted by Gasteiger charge is 2.06. The second-order valence-corrected chi connectivity index (χ2v) is 5.63. The second-order valence-electron chi connectivity index (χ2n) is 5.19. The quantitative estimate of drug-likeness (QED) is 0.818. The molecule has 0 saturated heterocycles. The third kappa shape index (κ3) is 4.55. The van der Waals surface area contributed by atoms with Crippen LogP contribution in [0.1, 0.15) is 19.4 Å². The topological polar surface area (TPSA) is 21.3 Å². The van der Waals surface area contributed by atoms with Crippen molar-refractivity contribution in [2.75, 3.05) is 6.54 Å². The average Bonchev–Trinajstić information content (AvgIpc) is 2.42. The monoisotopic (exact) mass is 289 g/mol. The number of ether oxygens (including phenoxy) is 1. The summed E-state index contributed by atoms with van der Waals surface area (Å²) in [4.78, 5) is 0. The Bertz CT molecular complexity index is 540. The molecule has 3 heteroatoms. The minimum atomic E-state index is 0.618. The number of halogens is 1. The summed E-state index contributed by atoms with van der Waals surface area (Å²) in [5, 5.41) is 4.14. The van der Waals surface area contributed by atoms with Gasteiger partial charge in [0.1, 0.15) is 11.5 Å². The Morgan fingerprint density at radius 1 is 1.10 bits per heavy atom. The summed E-state index contributed by atoms with van der Waals surface area (Å²) in [7, 11) is 0. The van der Waals surface area contributed by atoms with Gasteiger partial charge in [-0.1, -0.05) is 43.6 Å². The van der Waals surface area contributed by atoms with Gasteiger partial charge >= 0.3 is 0 Å². The molecule has 0 atom stereocenters. The van der Waals surface area contributed by atoms with Crippen molar-refractivity contribution >= 4 is 11.6 Å². The van der Waals surface area contributed by atoms with Gasteiger partial charge in [-0.05, 0) is 42.8 Å². The van der Waals surface area contributed by atoms with Crippen LogP contribution >= 0.6 is 11.6 Å². The third-order valence-corrected chi connectivity index (χ3v) is 3.10. The van der Waals surface area contributed by atoms with E-state index in [1.807, 2.05) is 48.5 Å². The number of benzene rings is 2. The minimum absolute atomic E-state index is 0.618. The SMILES string of the molecule is CC(C)CNCc1cc(Cl)ccc1Oc1ccccc1. The van der Waals surface area contributed by atoms with Crippen molar-refractivity contribution in [2.24, 2.45) is 5.92 Å². The largest absolute Gasteiger partial charge is 0.457 e. The fourth-order valence-electron chi connectivity index (χ4n) is 1.90. The Hall–Kier alpha value is -1.51. The molecule has 0 aromatic heterocycles. The predicted octanol–water partition coefficient (Wildman–Crippen LogP) is 4.88. The third-order valence-electron chi connectivity index (χ3n) is 2.86. The summed E-state index contributed by atoms with van der Waals surface area (Å²) in [6.45, 7) is 6.09. The Kier molecular flexibility index (Phi) is 5.45. The lowest BCUT2D eigenvalue weighted by Crippen LogP contribution is -2.19. The summed E-state index contributed by atoms with van der Waals surface area (Å²) in [6.07, 6.45) is 0. The maximum absolute atomic E-state index is 6.08. The molecule has 2 nitrogen and oxygen atoms in total. The van der Waals surface area contributed by atoms with E-state index in [4.69, 9.17) is 16.3 Å². The molecule has 0 bridgehead atoms. The first kappa shape index (κ1) is 14.9. The molecule has 0 unspecified atom stereocenters. The van der Waals surface area contributed by atoms with E-state index in [1.165, 1.54) is 0 Å². The molecule has 2 aromatic carbocycles. The standard InChI is InChI=1S/C17H20ClNO/c1-13(2)11-19-12-14-10-15(18)8-9-17(14)20-16-6-4-3-5-7-16/h3-10,13,19H,11-12H2,1-2H3. The van der Waals surface area contributed by atoms with E-state index in [0.29, 0.717) is 5.92 Å². The maximum atomic E-state index is 6.08. The van der Waals surface area contributed by atoms with Gasteiger partial charge in [-0.25, -0.2) is 0 Å². The molecule has 106 valence electrons. The fraction of sp³-hybridized carbons (Fsp3) is 0.294. The Labute approximate surface area is 125 Å². The van der Waals surface area contributed by atoms with E-state index in [0.717, 1.165) is 35.2 Å². The summed E-state index contributed by atoms with van der Waals surface area (Å²) in [6, 6.07) is 15.5. The number of para-hydroxylation sites is 1. The molecule has 0 fully saturated rings. The van der Waals surface area contributed by atoms with Crippen molar-refractivity contribution in [1.82, 2.24) is 5.32 Å². The van der Waals surface area contributed by atoms with Gasteiger partial charge in [-0.3, -0.25) is 0 Å². The van der Waals surface area contributed by atoms with Gasteiger partial charge in [0.15, 0.2) is 0 Å². The number of rotatable bonds is 6. The van der Waals surface area contributed by atoms with E-state index in [2.05, 4.69) is 19.2 Å². The lowest BCUT2D eigenvalue weighted by molar-refractivity contribution is 0.469. The fourth-order valence-corrected chi connectivity index (χ4v) is 2.09. The Morgan fingerprint density at radius 3 is 2.55 bits per heavy atom. The number of nitrogens with one attached hydrogen (secondary N) is 1. The lowest BCUT2D eigenvalue weighted by atomic mass is 10.1. The van der Waals surface area contributed by atoms with Gasteiger partial charge in [-0.15, -0.1) is 0 Å². The van der Waals surface area contributed by atoms with Crippen LogP contribution in [0.25, 0.3) is 0 Å². The smallest absolute Gasteiger partial charge is 0.132 e. The van der Waals surface area contributed by atoms with Crippen molar-refractivity contribution in [3.8, 4) is 11.5 Å². The van der Waals surface area contributed by atoms with E-state index >= 15 is 0 Å². The van der Waals surface area contributed by atoms with E-state index in [1.54, 1.807) is 0 Å². The summed E-state index contributed by atoms with van der Waals surface area (Å²) >= 11 is 6.08. The Morgan fingerprint density at radius 2 is 1.85 bits per heavy atom. The molecule has 2 aromatic rings. The van der Waals surface area contributed by atoms with Crippen molar-refractivity contribution in [3.05, 3.63) is 59.1 Å². The zero-order chi connectivity index (χ0) is 14.4. The van der Waals surface area contributed by atoms with E-state index in [9.17, 15) is 0 Å². The summed E-state index contributed by atoms with van der Waals surface area (Å²) in [5.74, 6) is 2.30. The highest BCUT2D eigenvalue weighted by atomic mass is 35.5. The first-order valence-electron chi connectivity index (χ1n) is 6.87.